The molecule has 0 saturated carbocycles. The Morgan fingerprint density at radius 3 is 2.36 bits per heavy atom. The quantitative estimate of drug-likeness (QED) is 0.509. The summed E-state index contributed by atoms with van der Waals surface area (Å²) >= 11 is 13.7. The molecule has 0 aromatic heterocycles. The maximum Gasteiger partial charge on any atom is 0.260 e. The van der Waals surface area contributed by atoms with Crippen LogP contribution in [0.25, 0.3) is 0 Å². The normalized spacial score (nSPS) is 11.9. The van der Waals surface area contributed by atoms with Gasteiger partial charge in [0.15, 0.2) is 6.10 Å². The van der Waals surface area contributed by atoms with Crippen LogP contribution in [-0.2, 0) is 4.79 Å². The molecule has 3 nitrogen and oxygen atoms in total. The number of thioether (sulfide) groups is 1. The molecule has 0 spiro atoms. The van der Waals surface area contributed by atoms with E-state index in [0.717, 1.165) is 31.8 Å². The number of nitrogens with one attached hydrogen (secondary N) is 1. The van der Waals surface area contributed by atoms with E-state index in [4.69, 9.17) is 27.9 Å². The Balaban J connectivity index is 1.77. The minimum Gasteiger partial charge on any atom is -0.481 e. The van der Waals surface area contributed by atoms with Crippen LogP contribution in [0, 0.1) is 13.8 Å². The first-order valence-electron chi connectivity index (χ1n) is 7.96. The monoisotopic (exact) mass is 397 g/mol. The zero-order chi connectivity index (χ0) is 18.4. The number of carbonyl (C=O) groups is 1. The van der Waals surface area contributed by atoms with Crippen LogP contribution in [0.2, 0.25) is 10.0 Å². The van der Waals surface area contributed by atoms with E-state index in [2.05, 4.69) is 5.32 Å². The number of benzene rings is 2. The first-order valence-corrected chi connectivity index (χ1v) is 9.70. The van der Waals surface area contributed by atoms with Gasteiger partial charge in [0, 0.05) is 27.2 Å². The first-order chi connectivity index (χ1) is 11.9. The Morgan fingerprint density at radius 1 is 1.16 bits per heavy atom. The van der Waals surface area contributed by atoms with Crippen LogP contribution in [0.3, 0.4) is 0 Å². The lowest BCUT2D eigenvalue weighted by Crippen LogP contribution is -2.37. The highest BCUT2D eigenvalue weighted by molar-refractivity contribution is 7.99. The summed E-state index contributed by atoms with van der Waals surface area (Å²) in [6.45, 7) is 6.14. The smallest absolute Gasteiger partial charge is 0.260 e. The molecule has 2 aromatic rings. The summed E-state index contributed by atoms with van der Waals surface area (Å²) in [5.41, 5.74) is 1.87. The topological polar surface area (TPSA) is 38.3 Å². The zero-order valence-electron chi connectivity index (χ0n) is 14.4. The molecule has 0 unspecified atom stereocenters. The Bertz CT molecular complexity index is 712. The highest BCUT2D eigenvalue weighted by atomic mass is 35.5. The second-order valence-electron chi connectivity index (χ2n) is 5.72. The van der Waals surface area contributed by atoms with Crippen LogP contribution in [0.4, 0.5) is 0 Å². The van der Waals surface area contributed by atoms with Crippen molar-refractivity contribution in [3.05, 3.63) is 57.6 Å². The van der Waals surface area contributed by atoms with Gasteiger partial charge in [-0.05, 0) is 68.3 Å². The Labute approximate surface area is 163 Å². The number of hydrogen-bond donors (Lipinski definition) is 1. The van der Waals surface area contributed by atoms with Crippen molar-refractivity contribution >= 4 is 40.9 Å². The molecular weight excluding hydrogens is 377 g/mol. The second kappa shape index (κ2) is 9.37. The standard InChI is InChI=1S/C19H21Cl2NO2S/c1-12-10-16(11-13(2)18(12)21)24-14(3)19(23)22-8-9-25-17-6-4-15(20)5-7-17/h4-7,10-11,14H,8-9H2,1-3H3,(H,22,23)/t14-/m0/s1. The number of ether oxygens (including phenoxy) is 1. The Hall–Kier alpha value is -1.36. The molecule has 0 heterocycles. The number of halogens is 2. The molecule has 25 heavy (non-hydrogen) atoms. The predicted molar refractivity (Wildman–Crippen MR) is 106 cm³/mol. The van der Waals surface area contributed by atoms with Crippen molar-refractivity contribution in [1.82, 2.24) is 5.32 Å². The Kier molecular flexibility index (Phi) is 7.48. The fourth-order valence-corrected chi connectivity index (χ4v) is 3.25. The van der Waals surface area contributed by atoms with Gasteiger partial charge in [0.05, 0.1) is 0 Å². The highest BCUT2D eigenvalue weighted by Crippen LogP contribution is 2.26. The van der Waals surface area contributed by atoms with Gasteiger partial charge in [-0.25, -0.2) is 0 Å². The van der Waals surface area contributed by atoms with E-state index >= 15 is 0 Å². The number of rotatable bonds is 7. The molecule has 0 aliphatic heterocycles. The van der Waals surface area contributed by atoms with E-state index in [1.54, 1.807) is 18.7 Å². The van der Waals surface area contributed by atoms with Crippen molar-refractivity contribution in [2.24, 2.45) is 0 Å². The van der Waals surface area contributed by atoms with Crippen molar-refractivity contribution < 1.29 is 9.53 Å². The fraction of sp³-hybridized carbons (Fsp3) is 0.316. The summed E-state index contributed by atoms with van der Waals surface area (Å²) < 4.78 is 5.73. The Morgan fingerprint density at radius 2 is 1.76 bits per heavy atom. The van der Waals surface area contributed by atoms with Crippen molar-refractivity contribution in [3.63, 3.8) is 0 Å². The molecule has 0 aliphatic rings. The van der Waals surface area contributed by atoms with Crippen LogP contribution >= 0.6 is 35.0 Å². The van der Waals surface area contributed by atoms with Gasteiger partial charge in [0.2, 0.25) is 0 Å². The molecule has 0 aliphatic carbocycles. The second-order valence-corrected chi connectivity index (χ2v) is 7.71. The molecule has 1 amide bonds. The van der Waals surface area contributed by atoms with Gasteiger partial charge in [0.1, 0.15) is 5.75 Å². The lowest BCUT2D eigenvalue weighted by atomic mass is 10.1. The molecule has 6 heteroatoms. The minimum atomic E-state index is -0.569. The van der Waals surface area contributed by atoms with Gasteiger partial charge in [-0.3, -0.25) is 4.79 Å². The lowest BCUT2D eigenvalue weighted by Gasteiger charge is -2.16. The van der Waals surface area contributed by atoms with E-state index < -0.39 is 6.10 Å². The van der Waals surface area contributed by atoms with Gasteiger partial charge in [-0.2, -0.15) is 0 Å². The number of aryl methyl sites for hydroxylation is 2. The summed E-state index contributed by atoms with van der Waals surface area (Å²) in [6.07, 6.45) is -0.569. The van der Waals surface area contributed by atoms with Crippen LogP contribution in [0.15, 0.2) is 41.3 Å². The van der Waals surface area contributed by atoms with Crippen LogP contribution in [0.1, 0.15) is 18.1 Å². The van der Waals surface area contributed by atoms with Crippen LogP contribution in [-0.4, -0.2) is 24.3 Å². The number of hydrogen-bond acceptors (Lipinski definition) is 3. The van der Waals surface area contributed by atoms with Gasteiger partial charge in [0.25, 0.3) is 5.91 Å². The summed E-state index contributed by atoms with van der Waals surface area (Å²) in [5.74, 6) is 1.29. The summed E-state index contributed by atoms with van der Waals surface area (Å²) in [4.78, 5) is 13.3. The molecule has 0 saturated heterocycles. The molecule has 1 atom stereocenters. The van der Waals surface area contributed by atoms with Gasteiger partial charge >= 0.3 is 0 Å². The molecule has 134 valence electrons. The third kappa shape index (κ3) is 6.14. The zero-order valence-corrected chi connectivity index (χ0v) is 16.8. The van der Waals surface area contributed by atoms with E-state index in [9.17, 15) is 4.79 Å². The lowest BCUT2D eigenvalue weighted by molar-refractivity contribution is -0.127. The molecule has 0 bridgehead atoms. The molecular formula is C19H21Cl2NO2S. The van der Waals surface area contributed by atoms with Crippen LogP contribution < -0.4 is 10.1 Å². The molecule has 0 radical (unpaired) electrons. The molecule has 1 N–H and O–H groups in total. The molecule has 0 fully saturated rings. The summed E-state index contributed by atoms with van der Waals surface area (Å²) in [6, 6.07) is 11.3. The maximum atomic E-state index is 12.2. The van der Waals surface area contributed by atoms with Crippen molar-refractivity contribution in [1.29, 1.82) is 0 Å². The average Bonchev–Trinajstić information content (AvgIpc) is 2.57. The third-order valence-electron chi connectivity index (χ3n) is 3.58. The largest absolute Gasteiger partial charge is 0.481 e. The molecule has 2 aromatic carbocycles. The number of amides is 1. The van der Waals surface area contributed by atoms with Gasteiger partial charge in [-0.1, -0.05) is 23.2 Å². The van der Waals surface area contributed by atoms with E-state index in [0.29, 0.717) is 12.3 Å². The summed E-state index contributed by atoms with van der Waals surface area (Å²) in [7, 11) is 0. The van der Waals surface area contributed by atoms with Crippen molar-refractivity contribution in [3.8, 4) is 5.75 Å². The summed E-state index contributed by atoms with van der Waals surface area (Å²) in [5, 5.41) is 4.33. The average molecular weight is 398 g/mol. The minimum absolute atomic E-state index is 0.137. The molecule has 2 rings (SSSR count). The third-order valence-corrected chi connectivity index (χ3v) is 5.44. The van der Waals surface area contributed by atoms with Gasteiger partial charge in [-0.15, -0.1) is 11.8 Å². The number of carbonyl (C=O) groups excluding carboxylic acids is 1. The highest BCUT2D eigenvalue weighted by Gasteiger charge is 2.15. The van der Waals surface area contributed by atoms with Crippen LogP contribution in [0.5, 0.6) is 5.75 Å². The van der Waals surface area contributed by atoms with E-state index in [1.807, 2.05) is 50.2 Å². The predicted octanol–water partition coefficient (Wildman–Crippen LogP) is 5.29. The van der Waals surface area contributed by atoms with Crippen molar-refractivity contribution in [2.75, 3.05) is 12.3 Å². The SMILES string of the molecule is Cc1cc(O[C@@H](C)C(=O)NCCSc2ccc(Cl)cc2)cc(C)c1Cl. The maximum absolute atomic E-state index is 12.2. The fourth-order valence-electron chi connectivity index (χ4n) is 2.25. The first kappa shape index (κ1) is 20.0. The van der Waals surface area contributed by atoms with E-state index in [1.165, 1.54) is 0 Å². The van der Waals surface area contributed by atoms with Crippen molar-refractivity contribution in [2.45, 2.75) is 31.8 Å². The van der Waals surface area contributed by atoms with E-state index in [-0.39, 0.29) is 5.91 Å². The van der Waals surface area contributed by atoms with Gasteiger partial charge < -0.3 is 10.1 Å².